The first-order valence-electron chi connectivity index (χ1n) is 11.6. The number of hydrogen-bond donors (Lipinski definition) is 2. The quantitative estimate of drug-likeness (QED) is 0.510. The Hall–Kier alpha value is -3.60. The molecule has 0 fully saturated rings. The lowest BCUT2D eigenvalue weighted by Crippen LogP contribution is -2.32. The number of rotatable bonds is 7. The van der Waals surface area contributed by atoms with Crippen molar-refractivity contribution in [3.63, 3.8) is 0 Å². The molecule has 2 amide bonds. The summed E-state index contributed by atoms with van der Waals surface area (Å²) in [6, 6.07) is 22.7. The van der Waals surface area contributed by atoms with Crippen LogP contribution in [0.2, 0.25) is 0 Å². The van der Waals surface area contributed by atoms with Crippen molar-refractivity contribution in [1.82, 2.24) is 5.32 Å². The van der Waals surface area contributed by atoms with Crippen LogP contribution in [0, 0.1) is 0 Å². The van der Waals surface area contributed by atoms with E-state index >= 15 is 0 Å². The minimum absolute atomic E-state index is 0.159. The summed E-state index contributed by atoms with van der Waals surface area (Å²) in [5.74, 6) is 0.149. The number of amides is 2. The standard InChI is InChI=1S/C28H30N2O3/c1-19(21-10-4-3-5-11-21)29-28(32)25-14-8-9-15-26(25)30-27(31)20(2)33-24-17-16-22-12-6-7-13-23(22)18-24/h3-5,8-11,14-20H,6-7,12-13H2,1-2H3,(H,29,32)(H,30,31)/t19-,20+/m1/s1. The van der Waals surface area contributed by atoms with Crippen LogP contribution in [0.5, 0.6) is 5.75 Å². The van der Waals surface area contributed by atoms with E-state index < -0.39 is 6.10 Å². The molecule has 4 rings (SSSR count). The smallest absolute Gasteiger partial charge is 0.265 e. The zero-order valence-electron chi connectivity index (χ0n) is 19.1. The highest BCUT2D eigenvalue weighted by atomic mass is 16.5. The number of carbonyl (C=O) groups is 2. The van der Waals surface area contributed by atoms with Gasteiger partial charge in [-0.05, 0) is 80.5 Å². The van der Waals surface area contributed by atoms with Crippen molar-refractivity contribution < 1.29 is 14.3 Å². The Kier molecular flexibility index (Phi) is 7.08. The molecule has 1 aliphatic carbocycles. The largest absolute Gasteiger partial charge is 0.481 e. The normalized spacial score (nSPS) is 14.5. The van der Waals surface area contributed by atoms with Gasteiger partial charge in [0.05, 0.1) is 17.3 Å². The van der Waals surface area contributed by atoms with Gasteiger partial charge in [-0.1, -0.05) is 48.5 Å². The van der Waals surface area contributed by atoms with Crippen molar-refractivity contribution in [3.05, 3.63) is 95.1 Å². The highest BCUT2D eigenvalue weighted by Gasteiger charge is 2.20. The fraction of sp³-hybridized carbons (Fsp3) is 0.286. The third kappa shape index (κ3) is 5.61. The summed E-state index contributed by atoms with van der Waals surface area (Å²) in [6.45, 7) is 3.65. The zero-order valence-corrected chi connectivity index (χ0v) is 19.1. The molecular weight excluding hydrogens is 412 g/mol. The molecule has 0 unspecified atom stereocenters. The average molecular weight is 443 g/mol. The summed E-state index contributed by atoms with van der Waals surface area (Å²) in [6.07, 6.45) is 3.87. The van der Waals surface area contributed by atoms with Crippen LogP contribution in [0.4, 0.5) is 5.69 Å². The minimum atomic E-state index is -0.703. The molecule has 5 nitrogen and oxygen atoms in total. The van der Waals surface area contributed by atoms with E-state index in [-0.39, 0.29) is 17.9 Å². The first-order chi connectivity index (χ1) is 16.0. The summed E-state index contributed by atoms with van der Waals surface area (Å²) in [5, 5.41) is 5.86. The Morgan fingerprint density at radius 1 is 0.848 bits per heavy atom. The maximum atomic E-state index is 12.9. The van der Waals surface area contributed by atoms with Gasteiger partial charge in [0.1, 0.15) is 5.75 Å². The summed E-state index contributed by atoms with van der Waals surface area (Å²) < 4.78 is 5.92. The molecule has 0 radical (unpaired) electrons. The number of fused-ring (bicyclic) bond motifs is 1. The third-order valence-electron chi connectivity index (χ3n) is 6.08. The fourth-order valence-electron chi connectivity index (χ4n) is 4.16. The second-order valence-corrected chi connectivity index (χ2v) is 8.54. The second-order valence-electron chi connectivity index (χ2n) is 8.54. The number of benzene rings is 3. The van der Waals surface area contributed by atoms with E-state index in [0.29, 0.717) is 17.0 Å². The number of para-hydroxylation sites is 1. The minimum Gasteiger partial charge on any atom is -0.481 e. The SMILES string of the molecule is C[C@H](Oc1ccc2c(c1)CCCC2)C(=O)Nc1ccccc1C(=O)N[C@H](C)c1ccccc1. The van der Waals surface area contributed by atoms with Crippen molar-refractivity contribution in [2.24, 2.45) is 0 Å². The number of hydrogen-bond acceptors (Lipinski definition) is 3. The monoisotopic (exact) mass is 442 g/mol. The number of carbonyl (C=O) groups excluding carboxylic acids is 2. The Bertz CT molecular complexity index is 1130. The van der Waals surface area contributed by atoms with Crippen molar-refractivity contribution in [2.45, 2.75) is 51.7 Å². The topological polar surface area (TPSA) is 67.4 Å². The third-order valence-corrected chi connectivity index (χ3v) is 6.08. The first-order valence-corrected chi connectivity index (χ1v) is 11.6. The van der Waals surface area contributed by atoms with Gasteiger partial charge in [-0.3, -0.25) is 9.59 Å². The highest BCUT2D eigenvalue weighted by Crippen LogP contribution is 2.26. The van der Waals surface area contributed by atoms with E-state index in [9.17, 15) is 9.59 Å². The number of nitrogens with one attached hydrogen (secondary N) is 2. The Morgan fingerprint density at radius 2 is 1.55 bits per heavy atom. The van der Waals surface area contributed by atoms with Crippen LogP contribution in [0.1, 0.15) is 59.8 Å². The van der Waals surface area contributed by atoms with Crippen molar-refractivity contribution in [1.29, 1.82) is 0 Å². The van der Waals surface area contributed by atoms with Gasteiger partial charge in [-0.15, -0.1) is 0 Å². The van der Waals surface area contributed by atoms with Crippen LogP contribution in [-0.4, -0.2) is 17.9 Å². The van der Waals surface area contributed by atoms with E-state index in [1.165, 1.54) is 24.0 Å². The van der Waals surface area contributed by atoms with Crippen LogP contribution in [-0.2, 0) is 17.6 Å². The van der Waals surface area contributed by atoms with Gasteiger partial charge in [-0.25, -0.2) is 0 Å². The lowest BCUT2D eigenvalue weighted by atomic mass is 9.92. The summed E-state index contributed by atoms with van der Waals surface area (Å²) in [7, 11) is 0. The predicted octanol–water partition coefficient (Wildman–Crippen LogP) is 5.46. The number of ether oxygens (including phenoxy) is 1. The maximum Gasteiger partial charge on any atom is 0.265 e. The molecule has 0 spiro atoms. The van der Waals surface area contributed by atoms with Gasteiger partial charge in [0.25, 0.3) is 11.8 Å². The van der Waals surface area contributed by atoms with E-state index in [1.807, 2.05) is 49.4 Å². The number of anilines is 1. The molecule has 5 heteroatoms. The molecule has 2 N–H and O–H groups in total. The van der Waals surface area contributed by atoms with E-state index in [0.717, 1.165) is 18.4 Å². The predicted molar refractivity (Wildman–Crippen MR) is 131 cm³/mol. The van der Waals surface area contributed by atoms with Crippen molar-refractivity contribution >= 4 is 17.5 Å². The molecule has 2 atom stereocenters. The number of aryl methyl sites for hydroxylation is 2. The Balaban J connectivity index is 1.41. The molecule has 0 aliphatic heterocycles. The summed E-state index contributed by atoms with van der Waals surface area (Å²) in [5.41, 5.74) is 4.56. The van der Waals surface area contributed by atoms with Crippen LogP contribution in [0.15, 0.2) is 72.8 Å². The van der Waals surface area contributed by atoms with E-state index in [1.54, 1.807) is 31.2 Å². The Morgan fingerprint density at radius 3 is 2.33 bits per heavy atom. The highest BCUT2D eigenvalue weighted by molar-refractivity contribution is 6.04. The van der Waals surface area contributed by atoms with Crippen LogP contribution in [0.25, 0.3) is 0 Å². The van der Waals surface area contributed by atoms with Gasteiger partial charge >= 0.3 is 0 Å². The molecule has 0 heterocycles. The van der Waals surface area contributed by atoms with Crippen LogP contribution >= 0.6 is 0 Å². The van der Waals surface area contributed by atoms with Crippen molar-refractivity contribution in [2.75, 3.05) is 5.32 Å². The molecule has 0 saturated heterocycles. The second kappa shape index (κ2) is 10.3. The summed E-state index contributed by atoms with van der Waals surface area (Å²) in [4.78, 5) is 25.8. The van der Waals surface area contributed by atoms with Gasteiger partial charge in [0.15, 0.2) is 6.10 Å². The van der Waals surface area contributed by atoms with E-state index in [4.69, 9.17) is 4.74 Å². The molecule has 0 saturated carbocycles. The van der Waals surface area contributed by atoms with Crippen LogP contribution in [0.3, 0.4) is 0 Å². The average Bonchev–Trinajstić information content (AvgIpc) is 2.84. The molecule has 170 valence electrons. The van der Waals surface area contributed by atoms with Gasteiger partial charge in [0, 0.05) is 0 Å². The molecular formula is C28H30N2O3. The van der Waals surface area contributed by atoms with Crippen LogP contribution < -0.4 is 15.4 Å². The van der Waals surface area contributed by atoms with Gasteiger partial charge in [0.2, 0.25) is 0 Å². The molecule has 3 aromatic rings. The van der Waals surface area contributed by atoms with Gasteiger partial charge < -0.3 is 15.4 Å². The van der Waals surface area contributed by atoms with Gasteiger partial charge in [-0.2, -0.15) is 0 Å². The molecule has 0 bridgehead atoms. The first kappa shape index (κ1) is 22.6. The van der Waals surface area contributed by atoms with Crippen molar-refractivity contribution in [3.8, 4) is 5.75 Å². The molecule has 3 aromatic carbocycles. The lowest BCUT2D eigenvalue weighted by molar-refractivity contribution is -0.122. The molecule has 0 aromatic heterocycles. The fourth-order valence-corrected chi connectivity index (χ4v) is 4.16. The van der Waals surface area contributed by atoms with E-state index in [2.05, 4.69) is 16.7 Å². The Labute approximate surface area is 195 Å². The molecule has 33 heavy (non-hydrogen) atoms. The molecule has 1 aliphatic rings. The maximum absolute atomic E-state index is 12.9. The lowest BCUT2D eigenvalue weighted by Gasteiger charge is -2.20. The zero-order chi connectivity index (χ0) is 23.2. The summed E-state index contributed by atoms with van der Waals surface area (Å²) >= 11 is 0.